The number of aromatic nitrogens is 3. The summed E-state index contributed by atoms with van der Waals surface area (Å²) in [5, 5.41) is 7.30. The first-order valence-electron chi connectivity index (χ1n) is 12.9. The molecule has 0 fully saturated rings. The van der Waals surface area contributed by atoms with E-state index < -0.39 is 6.04 Å². The molecule has 2 unspecified atom stereocenters. The number of fused-ring (bicyclic) bond motifs is 2. The molecule has 1 amide bonds. The highest BCUT2D eigenvalue weighted by Crippen LogP contribution is 2.26. The molecule has 0 saturated carbocycles. The number of nitrogens with zero attached hydrogens (tertiary/aromatic N) is 3. The van der Waals surface area contributed by atoms with Gasteiger partial charge in [-0.05, 0) is 42.9 Å². The van der Waals surface area contributed by atoms with Crippen molar-refractivity contribution in [1.29, 1.82) is 0 Å². The van der Waals surface area contributed by atoms with E-state index in [-0.39, 0.29) is 11.5 Å². The summed E-state index contributed by atoms with van der Waals surface area (Å²) in [7, 11) is 0. The molecule has 0 radical (unpaired) electrons. The third-order valence-electron chi connectivity index (χ3n) is 6.74. The van der Waals surface area contributed by atoms with E-state index in [9.17, 15) is 9.59 Å². The Morgan fingerprint density at radius 3 is 3.03 bits per heavy atom. The van der Waals surface area contributed by atoms with Gasteiger partial charge in [-0.15, -0.1) is 11.3 Å². The molecule has 0 bridgehead atoms. The second-order valence-corrected chi connectivity index (χ2v) is 10.6. The number of hydrogen-bond acceptors (Lipinski definition) is 6. The van der Waals surface area contributed by atoms with E-state index >= 15 is 0 Å². The first-order chi connectivity index (χ1) is 18.0. The van der Waals surface area contributed by atoms with Crippen LogP contribution in [0.3, 0.4) is 0 Å². The molecule has 37 heavy (non-hydrogen) atoms. The molecule has 2 N–H and O–H groups in total. The summed E-state index contributed by atoms with van der Waals surface area (Å²) < 4.78 is 2.70. The lowest BCUT2D eigenvalue weighted by molar-refractivity contribution is -0.124. The van der Waals surface area contributed by atoms with Crippen LogP contribution in [-0.4, -0.2) is 27.0 Å². The van der Waals surface area contributed by atoms with Crippen molar-refractivity contribution in [3.05, 3.63) is 88.2 Å². The fourth-order valence-corrected chi connectivity index (χ4v) is 5.34. The zero-order valence-electron chi connectivity index (χ0n) is 21.6. The number of hydrogen-bond donors (Lipinski definition) is 2. The van der Waals surface area contributed by atoms with Gasteiger partial charge in [0, 0.05) is 40.3 Å². The Balaban J connectivity index is 1.34. The van der Waals surface area contributed by atoms with E-state index in [4.69, 9.17) is 0 Å². The molecule has 1 aliphatic rings. The summed E-state index contributed by atoms with van der Waals surface area (Å²) in [5.74, 6) is 1.07. The Morgan fingerprint density at radius 1 is 1.38 bits per heavy atom. The number of thiophene rings is 1. The fraction of sp³-hybridized carbons (Fsp3) is 0.379. The van der Waals surface area contributed by atoms with E-state index in [0.717, 1.165) is 39.8 Å². The van der Waals surface area contributed by atoms with Crippen molar-refractivity contribution < 1.29 is 4.79 Å². The van der Waals surface area contributed by atoms with Gasteiger partial charge >= 0.3 is 0 Å². The summed E-state index contributed by atoms with van der Waals surface area (Å²) in [4.78, 5) is 35.9. The van der Waals surface area contributed by atoms with Crippen molar-refractivity contribution >= 4 is 33.0 Å². The van der Waals surface area contributed by atoms with Crippen LogP contribution in [0.15, 0.2) is 72.0 Å². The molecule has 3 aromatic heterocycles. The summed E-state index contributed by atoms with van der Waals surface area (Å²) in [6.45, 7) is 9.35. The Labute approximate surface area is 222 Å². The molecule has 0 aromatic carbocycles. The fourth-order valence-electron chi connectivity index (χ4n) is 4.37. The Morgan fingerprint density at radius 2 is 2.24 bits per heavy atom. The maximum atomic E-state index is 13.2. The summed E-state index contributed by atoms with van der Waals surface area (Å²) in [6, 6.07) is 3.47. The molecule has 0 saturated heterocycles. The minimum atomic E-state index is -0.541. The number of carbonyl (C=O) groups is 1. The van der Waals surface area contributed by atoms with Crippen LogP contribution in [-0.2, 0) is 17.8 Å². The van der Waals surface area contributed by atoms with Crippen molar-refractivity contribution in [2.45, 2.75) is 58.5 Å². The number of aryl methyl sites for hydroxylation is 1. The maximum Gasteiger partial charge on any atom is 0.277 e. The van der Waals surface area contributed by atoms with Gasteiger partial charge in [0.15, 0.2) is 0 Å². The number of pyridine rings is 1. The van der Waals surface area contributed by atoms with E-state index in [1.165, 1.54) is 0 Å². The Kier molecular flexibility index (Phi) is 9.06. The summed E-state index contributed by atoms with van der Waals surface area (Å²) in [5.41, 5.74) is 1.41. The van der Waals surface area contributed by atoms with Crippen LogP contribution in [0.25, 0.3) is 10.1 Å². The average molecular weight is 518 g/mol. The number of nitrogens with one attached hydrogen (secondary N) is 2. The lowest BCUT2D eigenvalue weighted by Gasteiger charge is -2.15. The third kappa shape index (κ3) is 6.63. The van der Waals surface area contributed by atoms with Crippen LogP contribution in [0.4, 0.5) is 5.69 Å². The van der Waals surface area contributed by atoms with Crippen LogP contribution >= 0.6 is 11.3 Å². The zero-order chi connectivity index (χ0) is 26.2. The molecule has 2 atom stereocenters. The Hall–Kier alpha value is -3.52. The second-order valence-electron chi connectivity index (χ2n) is 9.41. The lowest BCUT2D eigenvalue weighted by atomic mass is 10.1. The summed E-state index contributed by atoms with van der Waals surface area (Å²) in [6.07, 6.45) is 17.5. The van der Waals surface area contributed by atoms with Crippen molar-refractivity contribution in [1.82, 2.24) is 19.9 Å². The summed E-state index contributed by atoms with van der Waals surface area (Å²) >= 11 is 1.63. The van der Waals surface area contributed by atoms with Gasteiger partial charge in [-0.2, -0.15) is 0 Å². The highest BCUT2D eigenvalue weighted by Gasteiger charge is 2.31. The first kappa shape index (κ1) is 26.5. The standard InChI is InChI=1S/C29H35N5O2S/c1-4-20(3)8-6-9-21(5-2)10-7-14-31-24-19-32-27-12-11-25(34(27)29(24)36)28(35)33-18-23-16-22-17-30-15-13-26(22)37-23/h5-6,8-9,13,15-17,19-20,25,31H,2,4,7,10-12,14,18H2,1,3H3,(H,33,35)/b8-6-,21-9+. The first-order valence-corrected chi connectivity index (χ1v) is 13.8. The smallest absolute Gasteiger partial charge is 0.277 e. The number of rotatable bonds is 12. The zero-order valence-corrected chi connectivity index (χ0v) is 22.4. The van der Waals surface area contributed by atoms with Gasteiger partial charge < -0.3 is 10.6 Å². The molecular weight excluding hydrogens is 482 g/mol. The quantitative estimate of drug-likeness (QED) is 0.242. The number of anilines is 1. The minimum Gasteiger partial charge on any atom is -0.379 e. The van der Waals surface area contributed by atoms with Crippen LogP contribution in [0.1, 0.15) is 56.3 Å². The van der Waals surface area contributed by atoms with Gasteiger partial charge in [-0.25, -0.2) is 4.98 Å². The van der Waals surface area contributed by atoms with Gasteiger partial charge in [0.2, 0.25) is 5.91 Å². The molecule has 4 heterocycles. The molecule has 194 valence electrons. The van der Waals surface area contributed by atoms with Crippen LogP contribution < -0.4 is 16.2 Å². The molecule has 0 spiro atoms. The normalized spacial score (nSPS) is 16.2. The van der Waals surface area contributed by atoms with Crippen molar-refractivity contribution in [3.63, 3.8) is 0 Å². The van der Waals surface area contributed by atoms with Gasteiger partial charge in [-0.3, -0.25) is 19.1 Å². The Bertz CT molecular complexity index is 1340. The lowest BCUT2D eigenvalue weighted by Crippen LogP contribution is -2.36. The average Bonchev–Trinajstić information content (AvgIpc) is 3.54. The highest BCUT2D eigenvalue weighted by atomic mass is 32.1. The molecule has 3 aromatic rings. The van der Waals surface area contributed by atoms with Crippen molar-refractivity contribution in [2.75, 3.05) is 11.9 Å². The van der Waals surface area contributed by atoms with E-state index in [0.29, 0.717) is 43.4 Å². The van der Waals surface area contributed by atoms with Gasteiger partial charge in [0.1, 0.15) is 17.6 Å². The van der Waals surface area contributed by atoms with E-state index in [1.807, 2.05) is 24.4 Å². The molecule has 0 aliphatic carbocycles. The minimum absolute atomic E-state index is 0.151. The van der Waals surface area contributed by atoms with E-state index in [1.54, 1.807) is 28.3 Å². The molecule has 7 nitrogen and oxygen atoms in total. The van der Waals surface area contributed by atoms with Gasteiger partial charge in [-0.1, -0.05) is 51.2 Å². The van der Waals surface area contributed by atoms with Crippen LogP contribution in [0.5, 0.6) is 0 Å². The number of allylic oxidation sites excluding steroid dienone is 5. The maximum absolute atomic E-state index is 13.2. The highest BCUT2D eigenvalue weighted by molar-refractivity contribution is 7.19. The van der Waals surface area contributed by atoms with Gasteiger partial charge in [0.05, 0.1) is 12.7 Å². The SMILES string of the molecule is C=C/C(=C\C=C/C(C)CC)CCCNc1cnc2n(c1=O)C(C(=O)NCc1cc3cnccc3s1)CC2. The molecule has 4 rings (SSSR count). The van der Waals surface area contributed by atoms with Crippen LogP contribution in [0, 0.1) is 5.92 Å². The molecule has 8 heteroatoms. The third-order valence-corrected chi connectivity index (χ3v) is 7.86. The topological polar surface area (TPSA) is 88.9 Å². The number of carbonyl (C=O) groups excluding carboxylic acids is 1. The van der Waals surface area contributed by atoms with E-state index in [2.05, 4.69) is 59.3 Å². The predicted octanol–water partition coefficient (Wildman–Crippen LogP) is 5.56. The van der Waals surface area contributed by atoms with Crippen molar-refractivity contribution in [3.8, 4) is 0 Å². The molecular formula is C29H35N5O2S. The molecule has 1 aliphatic heterocycles. The predicted molar refractivity (Wildman–Crippen MR) is 152 cm³/mol. The monoisotopic (exact) mass is 517 g/mol. The largest absolute Gasteiger partial charge is 0.379 e. The van der Waals surface area contributed by atoms with Crippen molar-refractivity contribution in [2.24, 2.45) is 5.92 Å². The van der Waals surface area contributed by atoms with Crippen LogP contribution in [0.2, 0.25) is 0 Å². The van der Waals surface area contributed by atoms with Gasteiger partial charge in [0.25, 0.3) is 5.56 Å². The second kappa shape index (κ2) is 12.6. The number of amides is 1.